The molecule has 4 rings (SSSR count). The number of carbonyl (C=O) groups is 3. The van der Waals surface area contributed by atoms with Crippen LogP contribution in [0.3, 0.4) is 0 Å². The van der Waals surface area contributed by atoms with E-state index in [4.69, 9.17) is 9.15 Å². The summed E-state index contributed by atoms with van der Waals surface area (Å²) in [7, 11) is -2.57. The van der Waals surface area contributed by atoms with Gasteiger partial charge in [-0.05, 0) is 67.3 Å². The number of carbonyl (C=O) groups excluding carboxylic acids is 2. The Labute approximate surface area is 237 Å². The number of furan rings is 1. The van der Waals surface area contributed by atoms with E-state index < -0.39 is 33.9 Å². The maximum Gasteiger partial charge on any atom is 0.322 e. The number of carboxylic acids is 1. The van der Waals surface area contributed by atoms with E-state index in [1.807, 2.05) is 0 Å². The molecule has 0 aliphatic carbocycles. The molecule has 10 nitrogen and oxygen atoms in total. The number of sulfonamides is 1. The van der Waals surface area contributed by atoms with E-state index in [0.29, 0.717) is 33.5 Å². The molecule has 0 fully saturated rings. The molecule has 0 saturated carbocycles. The molecule has 1 aromatic heterocycles. The molecule has 214 valence electrons. The SMILES string of the molecule is COc1c(C(C)=O)ccc2oc(C(=O)Nc3ccc(-c4ccc(S(=O)(=O)N[C@H](C(=O)O)C(C)C)cc4)cc3)c(C)c12. The lowest BCUT2D eigenvalue weighted by Gasteiger charge is -2.18. The topological polar surface area (TPSA) is 152 Å². The molecule has 1 amide bonds. The zero-order valence-electron chi connectivity index (χ0n) is 23.1. The Morgan fingerprint density at radius 2 is 1.51 bits per heavy atom. The number of hydrogen-bond acceptors (Lipinski definition) is 7. The van der Waals surface area contributed by atoms with E-state index in [0.717, 1.165) is 11.1 Å². The Morgan fingerprint density at radius 1 is 0.927 bits per heavy atom. The number of rotatable bonds is 10. The molecular weight excluding hydrogens is 548 g/mol. The quantitative estimate of drug-likeness (QED) is 0.216. The van der Waals surface area contributed by atoms with Crippen LogP contribution < -0.4 is 14.8 Å². The Kier molecular flexibility index (Phi) is 8.32. The van der Waals surface area contributed by atoms with Crippen LogP contribution in [0.25, 0.3) is 22.1 Å². The molecular formula is C30H30N2O8S. The molecule has 1 heterocycles. The summed E-state index contributed by atoms with van der Waals surface area (Å²) in [5.41, 5.74) is 3.36. The van der Waals surface area contributed by atoms with Crippen molar-refractivity contribution in [2.45, 2.75) is 38.6 Å². The number of nitrogens with one attached hydrogen (secondary N) is 2. The monoisotopic (exact) mass is 578 g/mol. The second-order valence-corrected chi connectivity index (χ2v) is 11.6. The normalized spacial score (nSPS) is 12.3. The second-order valence-electron chi connectivity index (χ2n) is 9.87. The molecule has 0 aliphatic rings. The van der Waals surface area contributed by atoms with Crippen molar-refractivity contribution in [2.75, 3.05) is 12.4 Å². The fourth-order valence-corrected chi connectivity index (χ4v) is 5.82. The van der Waals surface area contributed by atoms with Gasteiger partial charge in [0.15, 0.2) is 11.5 Å². The highest BCUT2D eigenvalue weighted by Gasteiger charge is 2.28. The van der Waals surface area contributed by atoms with Gasteiger partial charge in [-0.2, -0.15) is 4.72 Å². The highest BCUT2D eigenvalue weighted by atomic mass is 32.2. The first-order chi connectivity index (χ1) is 19.3. The van der Waals surface area contributed by atoms with Gasteiger partial charge in [0.2, 0.25) is 10.0 Å². The van der Waals surface area contributed by atoms with E-state index in [-0.39, 0.29) is 16.4 Å². The second kappa shape index (κ2) is 11.6. The predicted octanol–water partition coefficient (Wildman–Crippen LogP) is 5.26. The molecule has 3 N–H and O–H groups in total. The van der Waals surface area contributed by atoms with Crippen molar-refractivity contribution in [3.63, 3.8) is 0 Å². The molecule has 41 heavy (non-hydrogen) atoms. The zero-order valence-corrected chi connectivity index (χ0v) is 24.0. The lowest BCUT2D eigenvalue weighted by atomic mass is 10.0. The van der Waals surface area contributed by atoms with Crippen molar-refractivity contribution in [1.82, 2.24) is 4.72 Å². The molecule has 0 aliphatic heterocycles. The van der Waals surface area contributed by atoms with Gasteiger partial charge in [0, 0.05) is 11.3 Å². The van der Waals surface area contributed by atoms with E-state index in [9.17, 15) is 27.9 Å². The number of aryl methyl sites for hydroxylation is 1. The number of benzene rings is 3. The third-order valence-corrected chi connectivity index (χ3v) is 8.15. The van der Waals surface area contributed by atoms with E-state index in [2.05, 4.69) is 10.0 Å². The number of aliphatic carboxylic acids is 1. The fraction of sp³-hybridized carbons (Fsp3) is 0.233. The van der Waals surface area contributed by atoms with Crippen molar-refractivity contribution in [1.29, 1.82) is 0 Å². The Balaban J connectivity index is 1.51. The van der Waals surface area contributed by atoms with Crippen LogP contribution in [0.15, 0.2) is 70.0 Å². The summed E-state index contributed by atoms with van der Waals surface area (Å²) in [6, 6.07) is 15.0. The number of anilines is 1. The Morgan fingerprint density at radius 3 is 2.02 bits per heavy atom. The first-order valence-electron chi connectivity index (χ1n) is 12.7. The van der Waals surface area contributed by atoms with Crippen molar-refractivity contribution < 1.29 is 37.1 Å². The summed E-state index contributed by atoms with van der Waals surface area (Å²) in [5.74, 6) is -1.86. The zero-order chi connectivity index (χ0) is 30.1. The third kappa shape index (κ3) is 6.01. The highest BCUT2D eigenvalue weighted by molar-refractivity contribution is 7.89. The van der Waals surface area contributed by atoms with Gasteiger partial charge in [0.25, 0.3) is 5.91 Å². The third-order valence-electron chi connectivity index (χ3n) is 6.69. The predicted molar refractivity (Wildman–Crippen MR) is 154 cm³/mol. The molecule has 0 spiro atoms. The lowest BCUT2D eigenvalue weighted by Crippen LogP contribution is -2.44. The Hall–Kier alpha value is -4.48. The maximum absolute atomic E-state index is 13.1. The number of ether oxygens (including phenoxy) is 1. The van der Waals surface area contributed by atoms with Crippen LogP contribution in [0.5, 0.6) is 5.75 Å². The molecule has 0 bridgehead atoms. The van der Waals surface area contributed by atoms with Crippen LogP contribution in [0.2, 0.25) is 0 Å². The van der Waals surface area contributed by atoms with Gasteiger partial charge in [-0.15, -0.1) is 0 Å². The number of fused-ring (bicyclic) bond motifs is 1. The first kappa shape index (κ1) is 29.5. The highest BCUT2D eigenvalue weighted by Crippen LogP contribution is 2.36. The first-order valence-corrected chi connectivity index (χ1v) is 14.2. The average molecular weight is 579 g/mol. The van der Waals surface area contributed by atoms with Crippen molar-refractivity contribution >= 4 is 44.3 Å². The van der Waals surface area contributed by atoms with Crippen LogP contribution in [0.4, 0.5) is 5.69 Å². The number of hydrogen-bond donors (Lipinski definition) is 3. The van der Waals surface area contributed by atoms with Crippen LogP contribution in [0.1, 0.15) is 47.2 Å². The molecule has 1 atom stereocenters. The number of Topliss-reactive ketones (excluding diaryl/α,β-unsaturated/α-hetero) is 1. The average Bonchev–Trinajstić information content (AvgIpc) is 3.28. The molecule has 4 aromatic rings. The summed E-state index contributed by atoms with van der Waals surface area (Å²) in [4.78, 5) is 36.4. The van der Waals surface area contributed by atoms with Gasteiger partial charge in [-0.3, -0.25) is 14.4 Å². The summed E-state index contributed by atoms with van der Waals surface area (Å²) in [6.45, 7) is 6.40. The van der Waals surface area contributed by atoms with E-state index in [1.54, 1.807) is 69.3 Å². The van der Waals surface area contributed by atoms with Gasteiger partial charge in [0.1, 0.15) is 17.4 Å². The van der Waals surface area contributed by atoms with Gasteiger partial charge >= 0.3 is 5.97 Å². The van der Waals surface area contributed by atoms with Crippen molar-refractivity contribution in [2.24, 2.45) is 5.92 Å². The van der Waals surface area contributed by atoms with Crippen LogP contribution in [-0.2, 0) is 14.8 Å². The summed E-state index contributed by atoms with van der Waals surface area (Å²) in [6.07, 6.45) is 0. The number of amides is 1. The van der Waals surface area contributed by atoms with Gasteiger partial charge in [-0.1, -0.05) is 38.1 Å². The van der Waals surface area contributed by atoms with Gasteiger partial charge in [0.05, 0.1) is 23.0 Å². The van der Waals surface area contributed by atoms with Crippen molar-refractivity contribution in [3.8, 4) is 16.9 Å². The number of methoxy groups -OCH3 is 1. The lowest BCUT2D eigenvalue weighted by molar-refractivity contribution is -0.140. The van der Waals surface area contributed by atoms with E-state index >= 15 is 0 Å². The molecule has 0 radical (unpaired) electrons. The number of ketones is 1. The minimum absolute atomic E-state index is 0.0507. The van der Waals surface area contributed by atoms with Gasteiger partial charge < -0.3 is 19.6 Å². The molecule has 0 saturated heterocycles. The molecule has 11 heteroatoms. The summed E-state index contributed by atoms with van der Waals surface area (Å²) < 4.78 is 38.9. The van der Waals surface area contributed by atoms with Gasteiger partial charge in [-0.25, -0.2) is 8.42 Å². The minimum Gasteiger partial charge on any atom is -0.495 e. The largest absolute Gasteiger partial charge is 0.495 e. The fourth-order valence-electron chi connectivity index (χ4n) is 4.48. The van der Waals surface area contributed by atoms with E-state index in [1.165, 1.54) is 26.2 Å². The standard InChI is InChI=1S/C30H30N2O8S/c1-16(2)26(30(35)36)32-41(37,38)22-12-8-20(9-13-22)19-6-10-21(11-7-19)31-29(34)27-17(3)25-24(40-27)15-14-23(18(4)33)28(25)39-5/h6-16,26,32H,1-5H3,(H,31,34)(H,35,36)/t26-/m0/s1. The number of carboxylic acid groups (broad SMARTS) is 1. The summed E-state index contributed by atoms with van der Waals surface area (Å²) in [5, 5.41) is 12.7. The molecule has 0 unspecified atom stereocenters. The minimum atomic E-state index is -4.03. The van der Waals surface area contributed by atoms with Crippen molar-refractivity contribution in [3.05, 3.63) is 77.6 Å². The molecule has 3 aromatic carbocycles. The smallest absolute Gasteiger partial charge is 0.322 e. The van der Waals surface area contributed by atoms with Crippen LogP contribution in [0, 0.1) is 12.8 Å². The van der Waals surface area contributed by atoms with Crippen LogP contribution in [-0.4, -0.2) is 44.3 Å². The Bertz CT molecular complexity index is 1740. The van der Waals surface area contributed by atoms with Crippen LogP contribution >= 0.6 is 0 Å². The summed E-state index contributed by atoms with van der Waals surface area (Å²) >= 11 is 0. The maximum atomic E-state index is 13.1.